The van der Waals surface area contributed by atoms with Crippen LogP contribution < -0.4 is 10.1 Å². The fraction of sp³-hybridized carbons (Fsp3) is 0.682. The highest BCUT2D eigenvalue weighted by Crippen LogP contribution is 2.46. The third kappa shape index (κ3) is 3.29. The van der Waals surface area contributed by atoms with Crippen molar-refractivity contribution >= 4 is 5.91 Å². The van der Waals surface area contributed by atoms with Gasteiger partial charge in [0.2, 0.25) is 11.8 Å². The van der Waals surface area contributed by atoms with Crippen molar-refractivity contribution in [1.82, 2.24) is 10.2 Å². The monoisotopic (exact) mass is 422 g/mol. The number of halogens is 2. The Bertz CT molecular complexity index is 878. The van der Waals surface area contributed by atoms with E-state index in [9.17, 15) is 18.7 Å². The number of rotatable bonds is 2. The molecule has 6 nitrogen and oxygen atoms in total. The number of carbonyl (C=O) groups excluding carboxylic acids is 1. The molecule has 2 atom stereocenters. The van der Waals surface area contributed by atoms with Crippen LogP contribution in [-0.2, 0) is 16.0 Å². The summed E-state index contributed by atoms with van der Waals surface area (Å²) in [6, 6.07) is 2.22. The van der Waals surface area contributed by atoms with Crippen molar-refractivity contribution in [1.29, 1.82) is 0 Å². The lowest BCUT2D eigenvalue weighted by Gasteiger charge is -2.47. The summed E-state index contributed by atoms with van der Waals surface area (Å²) in [7, 11) is 0. The summed E-state index contributed by atoms with van der Waals surface area (Å²) in [5, 5.41) is 13.0. The molecule has 1 spiro atoms. The Hall–Kier alpha value is -1.77. The van der Waals surface area contributed by atoms with Crippen molar-refractivity contribution in [2.24, 2.45) is 11.8 Å². The summed E-state index contributed by atoms with van der Waals surface area (Å²) in [6.07, 6.45) is 3.36. The van der Waals surface area contributed by atoms with Crippen LogP contribution in [0.5, 0.6) is 5.75 Å². The van der Waals surface area contributed by atoms with E-state index in [4.69, 9.17) is 9.47 Å². The van der Waals surface area contributed by atoms with E-state index in [0.717, 1.165) is 18.9 Å². The minimum Gasteiger partial charge on any atom is -0.484 e. The van der Waals surface area contributed by atoms with Gasteiger partial charge in [-0.3, -0.25) is 10.1 Å². The summed E-state index contributed by atoms with van der Waals surface area (Å²) in [5.74, 6) is -2.11. The highest BCUT2D eigenvalue weighted by molar-refractivity contribution is 5.80. The van der Waals surface area contributed by atoms with Crippen LogP contribution in [0.4, 0.5) is 8.78 Å². The first kappa shape index (κ1) is 20.2. The van der Waals surface area contributed by atoms with Gasteiger partial charge in [0.25, 0.3) is 0 Å². The standard InChI is InChI=1S/C22H28F2N2O4/c1-20(9-13-7-16(23)8-17(24)18(13)30-20)15-3-5-26(6-4-15)19(27)14-10-22(11-14)12-29-21(2,28)25-22/h7-8,14-15,25,28H,3-6,9-12H2,1-2H3. The molecule has 30 heavy (non-hydrogen) atoms. The molecule has 2 N–H and O–H groups in total. The molecule has 5 rings (SSSR count). The Labute approximate surface area is 174 Å². The molecule has 164 valence electrons. The molecule has 3 fully saturated rings. The van der Waals surface area contributed by atoms with Gasteiger partial charge >= 0.3 is 0 Å². The number of aliphatic hydroxyl groups is 1. The average molecular weight is 422 g/mol. The molecule has 0 radical (unpaired) electrons. The van der Waals surface area contributed by atoms with E-state index in [1.165, 1.54) is 6.07 Å². The molecule has 1 saturated carbocycles. The number of nitrogens with zero attached hydrogens (tertiary/aromatic N) is 1. The molecule has 2 unspecified atom stereocenters. The normalized spacial score (nSPS) is 38.4. The molecule has 0 bridgehead atoms. The summed E-state index contributed by atoms with van der Waals surface area (Å²) in [5.41, 5.74) is -0.294. The first-order chi connectivity index (χ1) is 14.1. The van der Waals surface area contributed by atoms with Crippen LogP contribution >= 0.6 is 0 Å². The van der Waals surface area contributed by atoms with Crippen molar-refractivity contribution in [3.05, 3.63) is 29.3 Å². The van der Waals surface area contributed by atoms with Gasteiger partial charge in [0.15, 0.2) is 11.6 Å². The third-order valence-corrected chi connectivity index (χ3v) is 7.38. The summed E-state index contributed by atoms with van der Waals surface area (Å²) in [4.78, 5) is 14.8. The number of carbonyl (C=O) groups is 1. The van der Waals surface area contributed by atoms with Crippen LogP contribution in [0.2, 0.25) is 0 Å². The zero-order chi connectivity index (χ0) is 21.3. The van der Waals surface area contributed by atoms with Gasteiger partial charge in [0.05, 0.1) is 6.61 Å². The number of amides is 1. The largest absolute Gasteiger partial charge is 0.484 e. The van der Waals surface area contributed by atoms with Crippen LogP contribution in [0.3, 0.4) is 0 Å². The third-order valence-electron chi connectivity index (χ3n) is 7.38. The van der Waals surface area contributed by atoms with Crippen molar-refractivity contribution in [2.45, 2.75) is 63.0 Å². The Morgan fingerprint density at radius 3 is 2.57 bits per heavy atom. The lowest BCUT2D eigenvalue weighted by molar-refractivity contribution is -0.170. The van der Waals surface area contributed by atoms with Gasteiger partial charge in [-0.25, -0.2) is 8.78 Å². The fourth-order valence-electron chi connectivity index (χ4n) is 5.82. The number of likely N-dealkylation sites (tertiary alicyclic amines) is 1. The number of hydrogen-bond donors (Lipinski definition) is 2. The van der Waals surface area contributed by atoms with E-state index in [-0.39, 0.29) is 29.0 Å². The van der Waals surface area contributed by atoms with Crippen LogP contribution in [0.1, 0.15) is 45.1 Å². The molecule has 4 aliphatic rings. The van der Waals surface area contributed by atoms with E-state index in [0.29, 0.717) is 44.5 Å². The van der Waals surface area contributed by atoms with Crippen LogP contribution in [0.15, 0.2) is 12.1 Å². The maximum absolute atomic E-state index is 14.1. The number of ether oxygens (including phenoxy) is 2. The Kier molecular flexibility index (Phi) is 4.44. The highest BCUT2D eigenvalue weighted by atomic mass is 19.1. The van der Waals surface area contributed by atoms with Gasteiger partial charge in [-0.15, -0.1) is 0 Å². The van der Waals surface area contributed by atoms with E-state index in [2.05, 4.69) is 5.32 Å². The molecular weight excluding hydrogens is 394 g/mol. The van der Waals surface area contributed by atoms with Crippen molar-refractivity contribution in [3.8, 4) is 5.75 Å². The second kappa shape index (κ2) is 6.61. The van der Waals surface area contributed by atoms with E-state index >= 15 is 0 Å². The molecule has 1 aliphatic carbocycles. The second-order valence-corrected chi connectivity index (χ2v) is 9.85. The van der Waals surface area contributed by atoms with Gasteiger partial charge < -0.3 is 19.5 Å². The second-order valence-electron chi connectivity index (χ2n) is 9.85. The van der Waals surface area contributed by atoms with Crippen molar-refractivity contribution < 1.29 is 28.2 Å². The van der Waals surface area contributed by atoms with Gasteiger partial charge in [0.1, 0.15) is 11.4 Å². The van der Waals surface area contributed by atoms with Gasteiger partial charge in [-0.2, -0.15) is 0 Å². The smallest absolute Gasteiger partial charge is 0.225 e. The van der Waals surface area contributed by atoms with E-state index in [1.807, 2.05) is 11.8 Å². The Morgan fingerprint density at radius 2 is 1.93 bits per heavy atom. The fourth-order valence-corrected chi connectivity index (χ4v) is 5.82. The van der Waals surface area contributed by atoms with Gasteiger partial charge in [0, 0.05) is 55.4 Å². The average Bonchev–Trinajstić information content (AvgIpc) is 3.17. The molecule has 1 aromatic rings. The zero-order valence-corrected chi connectivity index (χ0v) is 17.3. The highest BCUT2D eigenvalue weighted by Gasteiger charge is 2.56. The Morgan fingerprint density at radius 1 is 1.23 bits per heavy atom. The molecule has 3 heterocycles. The number of piperidine rings is 1. The summed E-state index contributed by atoms with van der Waals surface area (Å²) in [6.45, 7) is 5.23. The van der Waals surface area contributed by atoms with E-state index < -0.39 is 23.1 Å². The van der Waals surface area contributed by atoms with Crippen molar-refractivity contribution in [2.75, 3.05) is 19.7 Å². The number of fused-ring (bicyclic) bond motifs is 1. The molecule has 1 aromatic carbocycles. The number of nitrogens with one attached hydrogen (secondary N) is 1. The molecular formula is C22H28F2N2O4. The van der Waals surface area contributed by atoms with Gasteiger partial charge in [-0.05, 0) is 38.7 Å². The summed E-state index contributed by atoms with van der Waals surface area (Å²) < 4.78 is 39.0. The maximum atomic E-state index is 14.1. The minimum absolute atomic E-state index is 0.0498. The lowest BCUT2D eigenvalue weighted by atomic mass is 9.68. The zero-order valence-electron chi connectivity index (χ0n) is 17.3. The predicted octanol–water partition coefficient (Wildman–Crippen LogP) is 2.33. The number of hydrogen-bond acceptors (Lipinski definition) is 5. The van der Waals surface area contributed by atoms with Crippen LogP contribution in [0, 0.1) is 23.5 Å². The molecule has 2 saturated heterocycles. The van der Waals surface area contributed by atoms with Crippen LogP contribution in [-0.4, -0.2) is 52.7 Å². The molecule has 8 heteroatoms. The van der Waals surface area contributed by atoms with Crippen LogP contribution in [0.25, 0.3) is 0 Å². The predicted molar refractivity (Wildman–Crippen MR) is 104 cm³/mol. The Balaban J connectivity index is 1.17. The first-order valence-corrected chi connectivity index (χ1v) is 10.7. The van der Waals surface area contributed by atoms with Crippen molar-refractivity contribution in [3.63, 3.8) is 0 Å². The summed E-state index contributed by atoms with van der Waals surface area (Å²) >= 11 is 0. The van der Waals surface area contributed by atoms with E-state index in [1.54, 1.807) is 6.92 Å². The topological polar surface area (TPSA) is 71.0 Å². The molecule has 3 aliphatic heterocycles. The van der Waals surface area contributed by atoms with Gasteiger partial charge in [-0.1, -0.05) is 0 Å². The lowest BCUT2D eigenvalue weighted by Crippen LogP contribution is -2.61. The quantitative estimate of drug-likeness (QED) is 0.766. The SMILES string of the molecule is CC1(O)NC2(CO1)CC(C(=O)N1CCC(C3(C)Cc4cc(F)cc(F)c4O3)CC1)C2. The minimum atomic E-state index is -1.32. The molecule has 1 amide bonds. The maximum Gasteiger partial charge on any atom is 0.225 e. The number of benzene rings is 1. The first-order valence-electron chi connectivity index (χ1n) is 10.7. The molecule has 0 aromatic heterocycles.